The number of aryl methyl sites for hydroxylation is 1. The molecule has 1 amide bonds. The summed E-state index contributed by atoms with van der Waals surface area (Å²) in [4.78, 5) is 17.0. The average molecular weight is 337 g/mol. The van der Waals surface area contributed by atoms with Crippen LogP contribution in [-0.4, -0.2) is 15.5 Å². The fourth-order valence-corrected chi connectivity index (χ4v) is 3.67. The molecule has 25 heavy (non-hydrogen) atoms. The zero-order chi connectivity index (χ0) is 18.2. The summed E-state index contributed by atoms with van der Waals surface area (Å²) in [5.41, 5.74) is 3.47. The fourth-order valence-electron chi connectivity index (χ4n) is 3.67. The van der Waals surface area contributed by atoms with Crippen LogP contribution in [0.2, 0.25) is 0 Å². The minimum absolute atomic E-state index is 0.0435. The number of para-hydroxylation sites is 1. The summed E-state index contributed by atoms with van der Waals surface area (Å²) in [6.45, 7) is 11.0. The highest BCUT2D eigenvalue weighted by Gasteiger charge is 2.60. The van der Waals surface area contributed by atoms with Crippen LogP contribution in [0, 0.1) is 24.2 Å². The Balaban J connectivity index is 1.72. The topological polar surface area (TPSA) is 46.9 Å². The normalized spacial score (nSPS) is 20.8. The third-order valence-corrected chi connectivity index (χ3v) is 5.24. The Morgan fingerprint density at radius 2 is 2.04 bits per heavy atom. The second-order valence-electron chi connectivity index (χ2n) is 7.76. The van der Waals surface area contributed by atoms with E-state index in [-0.39, 0.29) is 17.2 Å². The molecule has 1 aliphatic rings. The number of hydrogen-bond donors (Lipinski definition) is 1. The summed E-state index contributed by atoms with van der Waals surface area (Å²) in [6.07, 6.45) is 5.97. The monoisotopic (exact) mass is 337 g/mol. The summed E-state index contributed by atoms with van der Waals surface area (Å²) >= 11 is 0. The van der Waals surface area contributed by atoms with Gasteiger partial charge in [0.1, 0.15) is 5.82 Å². The van der Waals surface area contributed by atoms with Crippen molar-refractivity contribution >= 4 is 5.91 Å². The lowest BCUT2D eigenvalue weighted by molar-refractivity contribution is -0.123. The van der Waals surface area contributed by atoms with Gasteiger partial charge in [0, 0.05) is 18.9 Å². The van der Waals surface area contributed by atoms with E-state index in [1.165, 1.54) is 5.57 Å². The van der Waals surface area contributed by atoms with Crippen LogP contribution in [0.1, 0.15) is 39.1 Å². The molecule has 4 heteroatoms. The highest BCUT2D eigenvalue weighted by atomic mass is 16.2. The average Bonchev–Trinajstić information content (AvgIpc) is 2.88. The number of hydrogen-bond acceptors (Lipinski definition) is 2. The van der Waals surface area contributed by atoms with Gasteiger partial charge in [0.25, 0.3) is 0 Å². The molecule has 132 valence electrons. The highest BCUT2D eigenvalue weighted by molar-refractivity contribution is 5.83. The van der Waals surface area contributed by atoms with Crippen LogP contribution in [0.15, 0.2) is 48.3 Å². The number of carbonyl (C=O) groups is 1. The minimum atomic E-state index is 0.0435. The predicted molar refractivity (Wildman–Crippen MR) is 100 cm³/mol. The number of nitrogens with zero attached hydrogens (tertiary/aromatic N) is 2. The van der Waals surface area contributed by atoms with Crippen molar-refractivity contribution in [3.05, 3.63) is 59.7 Å². The van der Waals surface area contributed by atoms with Crippen LogP contribution >= 0.6 is 0 Å². The smallest absolute Gasteiger partial charge is 0.224 e. The predicted octanol–water partition coefficient (Wildman–Crippen LogP) is 4.04. The molecule has 0 unspecified atom stereocenters. The van der Waals surface area contributed by atoms with Crippen molar-refractivity contribution in [2.75, 3.05) is 0 Å². The van der Waals surface area contributed by atoms with Crippen molar-refractivity contribution in [1.82, 2.24) is 14.9 Å². The molecular weight excluding hydrogens is 310 g/mol. The van der Waals surface area contributed by atoms with E-state index in [1.54, 1.807) is 6.20 Å². The molecule has 1 saturated carbocycles. The second kappa shape index (κ2) is 6.51. The molecule has 0 saturated heterocycles. The highest BCUT2D eigenvalue weighted by Crippen LogP contribution is 2.59. The number of imidazole rings is 1. The maximum absolute atomic E-state index is 12.7. The quantitative estimate of drug-likeness (QED) is 0.837. The van der Waals surface area contributed by atoms with E-state index < -0.39 is 0 Å². The van der Waals surface area contributed by atoms with Crippen molar-refractivity contribution in [3.63, 3.8) is 0 Å². The maximum atomic E-state index is 12.7. The van der Waals surface area contributed by atoms with Gasteiger partial charge in [-0.15, -0.1) is 0 Å². The molecule has 1 fully saturated rings. The van der Waals surface area contributed by atoms with Gasteiger partial charge in [-0.25, -0.2) is 4.98 Å². The first-order valence-electron chi connectivity index (χ1n) is 8.83. The maximum Gasteiger partial charge on any atom is 0.224 e. The Hall–Kier alpha value is -2.36. The Labute approximate surface area is 150 Å². The van der Waals surface area contributed by atoms with Crippen LogP contribution in [0.3, 0.4) is 0 Å². The van der Waals surface area contributed by atoms with Crippen molar-refractivity contribution in [2.45, 2.75) is 41.2 Å². The number of rotatable bonds is 5. The van der Waals surface area contributed by atoms with Gasteiger partial charge >= 0.3 is 0 Å². The zero-order valence-corrected chi connectivity index (χ0v) is 15.7. The molecule has 0 spiro atoms. The van der Waals surface area contributed by atoms with Gasteiger partial charge in [0.2, 0.25) is 5.91 Å². The number of nitrogens with one attached hydrogen (secondary N) is 1. The molecule has 1 aromatic carbocycles. The van der Waals surface area contributed by atoms with E-state index in [2.05, 4.69) is 60.8 Å². The molecule has 3 rings (SSSR count). The van der Waals surface area contributed by atoms with Crippen LogP contribution in [0.4, 0.5) is 0 Å². The van der Waals surface area contributed by atoms with E-state index in [9.17, 15) is 4.79 Å². The molecule has 4 nitrogen and oxygen atoms in total. The lowest BCUT2D eigenvalue weighted by Gasteiger charge is -2.13. The van der Waals surface area contributed by atoms with Crippen molar-refractivity contribution in [1.29, 1.82) is 0 Å². The summed E-state index contributed by atoms with van der Waals surface area (Å²) in [5, 5.41) is 3.14. The molecule has 2 atom stereocenters. The van der Waals surface area contributed by atoms with Gasteiger partial charge in [0.05, 0.1) is 11.6 Å². The van der Waals surface area contributed by atoms with Gasteiger partial charge in [-0.05, 0) is 43.7 Å². The second-order valence-corrected chi connectivity index (χ2v) is 7.76. The number of benzene rings is 1. The van der Waals surface area contributed by atoms with Gasteiger partial charge in [-0.2, -0.15) is 0 Å². The van der Waals surface area contributed by atoms with Crippen LogP contribution in [-0.2, 0) is 11.3 Å². The molecule has 1 aromatic heterocycles. The zero-order valence-electron chi connectivity index (χ0n) is 15.7. The van der Waals surface area contributed by atoms with Crippen LogP contribution in [0.25, 0.3) is 5.69 Å². The van der Waals surface area contributed by atoms with E-state index in [0.29, 0.717) is 12.5 Å². The third-order valence-electron chi connectivity index (χ3n) is 5.24. The minimum Gasteiger partial charge on any atom is -0.352 e. The first kappa shape index (κ1) is 17.5. The van der Waals surface area contributed by atoms with Crippen molar-refractivity contribution < 1.29 is 4.79 Å². The Kier molecular flexibility index (Phi) is 4.55. The molecule has 1 N–H and O–H groups in total. The van der Waals surface area contributed by atoms with E-state index >= 15 is 0 Å². The lowest BCUT2D eigenvalue weighted by atomic mass is 10.1. The standard InChI is InChI=1S/C21H27N3O/c1-14(2)12-17-19(21(17,4)5)20(25)23-13-16-8-6-7-9-18(16)24-11-10-22-15(24)3/h6-12,17,19H,13H2,1-5H3,(H,23,25)/t17-,19+/m1/s1. The van der Waals surface area contributed by atoms with E-state index in [0.717, 1.165) is 17.1 Å². The number of carbonyl (C=O) groups excluding carboxylic acids is 1. The summed E-state index contributed by atoms with van der Waals surface area (Å²) in [6, 6.07) is 8.13. The first-order chi connectivity index (χ1) is 11.8. The lowest BCUT2D eigenvalue weighted by Crippen LogP contribution is -2.27. The number of aromatic nitrogens is 2. The Morgan fingerprint density at radius 1 is 1.32 bits per heavy atom. The Morgan fingerprint density at radius 3 is 2.68 bits per heavy atom. The summed E-state index contributed by atoms with van der Waals surface area (Å²) in [5.74, 6) is 1.48. The largest absolute Gasteiger partial charge is 0.352 e. The third kappa shape index (κ3) is 3.39. The van der Waals surface area contributed by atoms with Gasteiger partial charge in [-0.3, -0.25) is 4.79 Å². The SMILES string of the molecule is CC(C)=C[C@@H]1[C@@H](C(=O)NCc2ccccc2-n2ccnc2C)C1(C)C. The molecule has 0 bridgehead atoms. The molecule has 0 radical (unpaired) electrons. The summed E-state index contributed by atoms with van der Waals surface area (Å²) < 4.78 is 2.05. The molecule has 1 aliphatic carbocycles. The van der Waals surface area contributed by atoms with Crippen LogP contribution < -0.4 is 5.32 Å². The molecule has 0 aliphatic heterocycles. The van der Waals surface area contributed by atoms with Gasteiger partial charge in [-0.1, -0.05) is 43.7 Å². The van der Waals surface area contributed by atoms with Crippen LogP contribution in [0.5, 0.6) is 0 Å². The molecule has 1 heterocycles. The van der Waals surface area contributed by atoms with Gasteiger partial charge < -0.3 is 9.88 Å². The fraction of sp³-hybridized carbons (Fsp3) is 0.429. The van der Waals surface area contributed by atoms with Gasteiger partial charge in [0.15, 0.2) is 0 Å². The summed E-state index contributed by atoms with van der Waals surface area (Å²) in [7, 11) is 0. The number of allylic oxidation sites excluding steroid dienone is 2. The van der Waals surface area contributed by atoms with E-state index in [1.807, 2.05) is 25.3 Å². The van der Waals surface area contributed by atoms with Crippen molar-refractivity contribution in [3.8, 4) is 5.69 Å². The van der Waals surface area contributed by atoms with Crippen molar-refractivity contribution in [2.24, 2.45) is 17.3 Å². The first-order valence-corrected chi connectivity index (χ1v) is 8.83. The van der Waals surface area contributed by atoms with E-state index in [4.69, 9.17) is 0 Å². The molecule has 2 aromatic rings. The number of amides is 1. The Bertz CT molecular complexity index is 812. The molecular formula is C21H27N3O.